The number of nitrogens with one attached hydrogen (secondary N) is 1. The third kappa shape index (κ3) is 4.01. The van der Waals surface area contributed by atoms with E-state index in [1.807, 2.05) is 0 Å². The Morgan fingerprint density at radius 1 is 1.38 bits per heavy atom. The second-order valence-electron chi connectivity index (χ2n) is 3.06. The number of benzene rings is 1. The van der Waals surface area contributed by atoms with Crippen LogP contribution in [-0.4, -0.2) is 11.5 Å². The van der Waals surface area contributed by atoms with Crippen molar-refractivity contribution in [2.24, 2.45) is 5.73 Å². The predicted molar refractivity (Wildman–Crippen MR) is 59.7 cm³/mol. The fourth-order valence-corrected chi connectivity index (χ4v) is 1.14. The van der Waals surface area contributed by atoms with Crippen LogP contribution in [0, 0.1) is 6.92 Å². The van der Waals surface area contributed by atoms with E-state index in [0.29, 0.717) is 11.5 Å². The zero-order valence-corrected chi connectivity index (χ0v) is 8.53. The molecule has 1 rings (SSSR count). The van der Waals surface area contributed by atoms with Crippen molar-refractivity contribution >= 4 is 17.2 Å². The van der Waals surface area contributed by atoms with Crippen molar-refractivity contribution in [2.75, 3.05) is 6.54 Å². The monoisotopic (exact) mass is 194 g/mol. The highest BCUT2D eigenvalue weighted by Gasteiger charge is 1.92. The van der Waals surface area contributed by atoms with Gasteiger partial charge < -0.3 is 11.1 Å². The summed E-state index contributed by atoms with van der Waals surface area (Å²) in [5.74, 6) is 0. The van der Waals surface area contributed by atoms with Crippen LogP contribution in [0.1, 0.15) is 11.1 Å². The van der Waals surface area contributed by atoms with Crippen molar-refractivity contribution < 1.29 is 0 Å². The minimum Gasteiger partial charge on any atom is -0.392 e. The van der Waals surface area contributed by atoms with Crippen LogP contribution in [0.2, 0.25) is 0 Å². The summed E-state index contributed by atoms with van der Waals surface area (Å²) in [4.78, 5) is 0.507. The van der Waals surface area contributed by atoms with Gasteiger partial charge in [-0.1, -0.05) is 42.0 Å². The van der Waals surface area contributed by atoms with E-state index in [4.69, 9.17) is 18.0 Å². The molecule has 0 aromatic heterocycles. The lowest BCUT2D eigenvalue weighted by Gasteiger charge is -2.03. The van der Waals surface area contributed by atoms with Crippen molar-refractivity contribution in [1.29, 1.82) is 0 Å². The fraction of sp³-hybridized carbons (Fsp3) is 0.300. The van der Waals surface area contributed by atoms with E-state index in [2.05, 4.69) is 36.5 Å². The average molecular weight is 194 g/mol. The molecule has 3 N–H and O–H groups in total. The van der Waals surface area contributed by atoms with Gasteiger partial charge in [0.25, 0.3) is 0 Å². The molecular formula is C10H14N2S. The molecule has 0 spiro atoms. The number of rotatable bonds is 4. The molecule has 0 aliphatic carbocycles. The molecule has 13 heavy (non-hydrogen) atoms. The standard InChI is InChI=1S/C10H14N2S/c1-8-2-4-9(5-3-8)6-12-7-10(11)13/h2-5,12H,6-7H2,1H3,(H2,11,13). The third-order valence-corrected chi connectivity index (χ3v) is 1.89. The van der Waals surface area contributed by atoms with Crippen LogP contribution in [0.25, 0.3) is 0 Å². The van der Waals surface area contributed by atoms with E-state index in [1.165, 1.54) is 11.1 Å². The topological polar surface area (TPSA) is 38.0 Å². The van der Waals surface area contributed by atoms with Gasteiger partial charge in [0, 0.05) is 13.1 Å². The van der Waals surface area contributed by atoms with Gasteiger partial charge in [-0.15, -0.1) is 0 Å². The average Bonchev–Trinajstić information content (AvgIpc) is 2.08. The molecule has 0 amide bonds. The Morgan fingerprint density at radius 3 is 2.54 bits per heavy atom. The number of hydrogen-bond donors (Lipinski definition) is 2. The van der Waals surface area contributed by atoms with Crippen molar-refractivity contribution in [3.8, 4) is 0 Å². The lowest BCUT2D eigenvalue weighted by molar-refractivity contribution is 0.777. The van der Waals surface area contributed by atoms with E-state index in [9.17, 15) is 0 Å². The lowest BCUT2D eigenvalue weighted by atomic mass is 10.1. The maximum absolute atomic E-state index is 5.35. The molecule has 0 saturated carbocycles. The molecule has 0 atom stereocenters. The minimum atomic E-state index is 0.507. The van der Waals surface area contributed by atoms with Crippen molar-refractivity contribution in [3.05, 3.63) is 35.4 Å². The summed E-state index contributed by atoms with van der Waals surface area (Å²) in [6.07, 6.45) is 0. The number of hydrogen-bond acceptors (Lipinski definition) is 2. The van der Waals surface area contributed by atoms with Crippen LogP contribution in [0.5, 0.6) is 0 Å². The second kappa shape index (κ2) is 4.94. The molecule has 0 aliphatic heterocycles. The van der Waals surface area contributed by atoms with Crippen molar-refractivity contribution in [3.63, 3.8) is 0 Å². The zero-order chi connectivity index (χ0) is 9.68. The van der Waals surface area contributed by atoms with E-state index in [1.54, 1.807) is 0 Å². The molecule has 1 aromatic carbocycles. The maximum Gasteiger partial charge on any atom is 0.0867 e. The Hall–Kier alpha value is -0.930. The zero-order valence-electron chi connectivity index (χ0n) is 7.71. The summed E-state index contributed by atoms with van der Waals surface area (Å²) in [7, 11) is 0. The van der Waals surface area contributed by atoms with Gasteiger partial charge in [-0.3, -0.25) is 0 Å². The van der Waals surface area contributed by atoms with E-state index >= 15 is 0 Å². The third-order valence-electron chi connectivity index (χ3n) is 1.75. The predicted octanol–water partition coefficient (Wildman–Crippen LogP) is 1.37. The largest absolute Gasteiger partial charge is 0.392 e. The van der Waals surface area contributed by atoms with Gasteiger partial charge in [0.15, 0.2) is 0 Å². The quantitative estimate of drug-likeness (QED) is 0.711. The van der Waals surface area contributed by atoms with E-state index in [0.717, 1.165) is 6.54 Å². The molecule has 0 aliphatic rings. The number of aryl methyl sites for hydroxylation is 1. The van der Waals surface area contributed by atoms with Gasteiger partial charge in [0.05, 0.1) is 4.99 Å². The molecule has 0 heterocycles. The summed E-state index contributed by atoms with van der Waals surface area (Å²) in [5, 5.41) is 3.15. The lowest BCUT2D eigenvalue weighted by Crippen LogP contribution is -2.26. The highest BCUT2D eigenvalue weighted by Crippen LogP contribution is 2.01. The minimum absolute atomic E-state index is 0.507. The Balaban J connectivity index is 2.37. The van der Waals surface area contributed by atoms with Crippen LogP contribution >= 0.6 is 12.2 Å². The highest BCUT2D eigenvalue weighted by molar-refractivity contribution is 7.80. The van der Waals surface area contributed by atoms with Crippen LogP contribution in [0.4, 0.5) is 0 Å². The Bertz CT molecular complexity index is 279. The second-order valence-corrected chi connectivity index (χ2v) is 3.58. The first-order valence-corrected chi connectivity index (χ1v) is 4.64. The Kier molecular flexibility index (Phi) is 3.86. The first kappa shape index (κ1) is 10.2. The summed E-state index contributed by atoms with van der Waals surface area (Å²) < 4.78 is 0. The summed E-state index contributed by atoms with van der Waals surface area (Å²) in [5.41, 5.74) is 7.88. The molecule has 0 radical (unpaired) electrons. The molecule has 3 heteroatoms. The SMILES string of the molecule is Cc1ccc(CNCC(N)=S)cc1. The van der Waals surface area contributed by atoms with Crippen LogP contribution in [0.15, 0.2) is 24.3 Å². The number of nitrogens with two attached hydrogens (primary N) is 1. The Labute approximate surface area is 84.1 Å². The molecule has 70 valence electrons. The smallest absolute Gasteiger partial charge is 0.0867 e. The van der Waals surface area contributed by atoms with Gasteiger partial charge >= 0.3 is 0 Å². The molecule has 0 fully saturated rings. The normalized spacial score (nSPS) is 9.92. The fourth-order valence-electron chi connectivity index (χ4n) is 1.04. The molecule has 1 aromatic rings. The van der Waals surface area contributed by atoms with Gasteiger partial charge in [0.2, 0.25) is 0 Å². The van der Waals surface area contributed by atoms with Gasteiger partial charge in [-0.2, -0.15) is 0 Å². The molecular weight excluding hydrogens is 180 g/mol. The van der Waals surface area contributed by atoms with Gasteiger partial charge in [-0.25, -0.2) is 0 Å². The van der Waals surface area contributed by atoms with E-state index < -0.39 is 0 Å². The van der Waals surface area contributed by atoms with E-state index in [-0.39, 0.29) is 0 Å². The van der Waals surface area contributed by atoms with Crippen molar-refractivity contribution in [1.82, 2.24) is 5.32 Å². The molecule has 0 unspecified atom stereocenters. The number of thiocarbonyl (C=S) groups is 1. The summed E-state index contributed by atoms with van der Waals surface area (Å²) >= 11 is 4.75. The summed E-state index contributed by atoms with van der Waals surface area (Å²) in [6, 6.07) is 8.39. The molecule has 2 nitrogen and oxygen atoms in total. The van der Waals surface area contributed by atoms with Crippen LogP contribution in [0.3, 0.4) is 0 Å². The van der Waals surface area contributed by atoms with Crippen LogP contribution in [-0.2, 0) is 6.54 Å². The molecule has 0 saturated heterocycles. The van der Waals surface area contributed by atoms with Crippen LogP contribution < -0.4 is 11.1 Å². The maximum atomic E-state index is 5.35. The first-order valence-electron chi connectivity index (χ1n) is 4.23. The highest BCUT2D eigenvalue weighted by atomic mass is 32.1. The molecule has 0 bridgehead atoms. The van der Waals surface area contributed by atoms with Crippen molar-refractivity contribution in [2.45, 2.75) is 13.5 Å². The summed E-state index contributed by atoms with van der Waals surface area (Å²) in [6.45, 7) is 3.49. The first-order chi connectivity index (χ1) is 6.18. The Morgan fingerprint density at radius 2 is 2.00 bits per heavy atom. The van der Waals surface area contributed by atoms with Gasteiger partial charge in [0.1, 0.15) is 0 Å². The van der Waals surface area contributed by atoms with Gasteiger partial charge in [-0.05, 0) is 12.5 Å².